The number of nitrogens with one attached hydrogen (secondary N) is 1. The van der Waals surface area contributed by atoms with Crippen molar-refractivity contribution in [3.8, 4) is 5.75 Å². The largest absolute Gasteiger partial charge is 0.497 e. The number of fused-ring (bicyclic) bond motifs is 2. The minimum absolute atomic E-state index is 0.0525. The number of halogens is 1. The molecule has 2 fully saturated rings. The van der Waals surface area contributed by atoms with Gasteiger partial charge in [-0.25, -0.2) is 0 Å². The molecule has 248 valence electrons. The van der Waals surface area contributed by atoms with E-state index in [1.807, 2.05) is 42.5 Å². The van der Waals surface area contributed by atoms with Gasteiger partial charge in [-0.15, -0.1) is 0 Å². The van der Waals surface area contributed by atoms with Gasteiger partial charge in [0.2, 0.25) is 11.8 Å². The molecule has 47 heavy (non-hydrogen) atoms. The van der Waals surface area contributed by atoms with Gasteiger partial charge >= 0.3 is 5.97 Å². The summed E-state index contributed by atoms with van der Waals surface area (Å²) < 4.78 is 18.6. The molecule has 1 spiro atoms. The minimum Gasteiger partial charge on any atom is -0.497 e. The monoisotopic (exact) mass is 707 g/mol. The van der Waals surface area contributed by atoms with Crippen LogP contribution in [0.1, 0.15) is 37.4 Å². The highest BCUT2D eigenvalue weighted by molar-refractivity contribution is 9.11. The van der Waals surface area contributed by atoms with Crippen LogP contribution in [0.3, 0.4) is 0 Å². The van der Waals surface area contributed by atoms with Crippen molar-refractivity contribution in [3.05, 3.63) is 82.9 Å². The number of methoxy groups -OCH3 is 1. The van der Waals surface area contributed by atoms with Crippen LogP contribution in [-0.2, 0) is 28.7 Å². The van der Waals surface area contributed by atoms with Gasteiger partial charge in [-0.3, -0.25) is 19.2 Å². The number of amides is 3. The van der Waals surface area contributed by atoms with Crippen molar-refractivity contribution in [2.45, 2.75) is 49.5 Å². The Morgan fingerprint density at radius 2 is 1.79 bits per heavy atom. The highest BCUT2D eigenvalue weighted by Crippen LogP contribution is 2.59. The molecule has 0 aromatic heterocycles. The van der Waals surface area contributed by atoms with E-state index >= 15 is 0 Å². The van der Waals surface area contributed by atoms with Gasteiger partial charge in [0.15, 0.2) is 0 Å². The Morgan fingerprint density at radius 1 is 1.02 bits per heavy atom. The second-order valence-corrected chi connectivity index (χ2v) is 13.0. The molecule has 11 nitrogen and oxygen atoms in total. The summed E-state index contributed by atoms with van der Waals surface area (Å²) in [4.78, 5) is 59.3. The maximum atomic E-state index is 14.9. The van der Waals surface area contributed by atoms with E-state index in [0.29, 0.717) is 40.7 Å². The number of cyclic esters (lactones) is 1. The molecular formula is C35H38BrN3O8. The zero-order chi connectivity index (χ0) is 33.1. The van der Waals surface area contributed by atoms with E-state index in [2.05, 4.69) is 21.2 Å². The second-order valence-electron chi connectivity index (χ2n) is 12.1. The van der Waals surface area contributed by atoms with Crippen LogP contribution in [0.15, 0.2) is 77.3 Å². The lowest BCUT2D eigenvalue weighted by atomic mass is 9.74. The molecule has 0 unspecified atom stereocenters. The maximum Gasteiger partial charge on any atom is 0.313 e. The number of aliphatic hydroxyl groups is 1. The Bertz CT molecular complexity index is 1560. The van der Waals surface area contributed by atoms with E-state index in [-0.39, 0.29) is 50.4 Å². The van der Waals surface area contributed by atoms with Gasteiger partial charge in [0.25, 0.3) is 5.91 Å². The normalized spacial score (nSPS) is 30.1. The summed E-state index contributed by atoms with van der Waals surface area (Å²) >= 11 is 3.58. The molecule has 5 bridgehead atoms. The first-order valence-electron chi connectivity index (χ1n) is 15.9. The third-order valence-electron chi connectivity index (χ3n) is 9.30. The van der Waals surface area contributed by atoms with Gasteiger partial charge in [0.1, 0.15) is 35.5 Å². The van der Waals surface area contributed by atoms with Crippen LogP contribution in [0.4, 0.5) is 5.69 Å². The molecule has 4 heterocycles. The molecule has 6 rings (SSSR count). The number of aliphatic hydroxyl groups excluding tert-OH is 1. The van der Waals surface area contributed by atoms with Crippen LogP contribution in [0.25, 0.3) is 0 Å². The van der Waals surface area contributed by atoms with Crippen LogP contribution in [0, 0.1) is 11.8 Å². The van der Waals surface area contributed by atoms with Crippen molar-refractivity contribution < 1.29 is 38.5 Å². The van der Waals surface area contributed by atoms with Crippen LogP contribution in [0.2, 0.25) is 0 Å². The summed E-state index contributed by atoms with van der Waals surface area (Å²) in [7, 11) is 1.56. The fourth-order valence-electron chi connectivity index (χ4n) is 7.05. The lowest BCUT2D eigenvalue weighted by molar-refractivity contribution is -0.159. The summed E-state index contributed by atoms with van der Waals surface area (Å²) in [6.45, 7) is 0.351. The number of benzene rings is 2. The number of likely N-dealkylation sites (tertiary alicyclic amines) is 1. The topological polar surface area (TPSA) is 135 Å². The number of rotatable bonds is 7. The lowest BCUT2D eigenvalue weighted by Crippen LogP contribution is -2.56. The zero-order valence-electron chi connectivity index (χ0n) is 26.0. The molecule has 4 aliphatic heterocycles. The Kier molecular flexibility index (Phi) is 9.81. The Morgan fingerprint density at radius 3 is 2.51 bits per heavy atom. The van der Waals surface area contributed by atoms with Gasteiger partial charge < -0.3 is 34.4 Å². The van der Waals surface area contributed by atoms with E-state index < -0.39 is 41.7 Å². The third kappa shape index (κ3) is 6.21. The van der Waals surface area contributed by atoms with Gasteiger partial charge in [0.05, 0.1) is 19.6 Å². The van der Waals surface area contributed by atoms with Crippen molar-refractivity contribution in [2.24, 2.45) is 11.8 Å². The van der Waals surface area contributed by atoms with E-state index in [9.17, 15) is 24.3 Å². The first kappa shape index (κ1) is 32.9. The summed E-state index contributed by atoms with van der Waals surface area (Å²) in [6.07, 6.45) is 5.33. The smallest absolute Gasteiger partial charge is 0.313 e. The molecule has 6 atom stereocenters. The van der Waals surface area contributed by atoms with Crippen molar-refractivity contribution >= 4 is 45.3 Å². The fourth-order valence-corrected chi connectivity index (χ4v) is 7.79. The van der Waals surface area contributed by atoms with Gasteiger partial charge in [0, 0.05) is 36.3 Å². The number of hydrogen-bond donors (Lipinski definition) is 2. The molecule has 2 aromatic rings. The number of carbonyl (C=O) groups is 4. The van der Waals surface area contributed by atoms with Crippen molar-refractivity contribution in [1.29, 1.82) is 0 Å². The van der Waals surface area contributed by atoms with E-state index in [1.165, 1.54) is 4.90 Å². The Balaban J connectivity index is 1.44. The fraction of sp³-hybridized carbons (Fsp3) is 0.429. The average molecular weight is 709 g/mol. The van der Waals surface area contributed by atoms with E-state index in [1.54, 1.807) is 42.4 Å². The zero-order valence-corrected chi connectivity index (χ0v) is 27.6. The summed E-state index contributed by atoms with van der Waals surface area (Å²) in [5.74, 6) is -3.04. The van der Waals surface area contributed by atoms with Crippen molar-refractivity contribution in [2.75, 3.05) is 38.3 Å². The van der Waals surface area contributed by atoms with E-state index in [4.69, 9.17) is 14.2 Å². The first-order chi connectivity index (χ1) is 22.8. The van der Waals surface area contributed by atoms with Crippen LogP contribution in [-0.4, -0.2) is 84.8 Å². The summed E-state index contributed by atoms with van der Waals surface area (Å²) in [6, 6.07) is 15.1. The van der Waals surface area contributed by atoms with Crippen molar-refractivity contribution in [3.63, 3.8) is 0 Å². The molecule has 0 aliphatic carbocycles. The molecule has 4 aliphatic rings. The second kappa shape index (κ2) is 14.0. The van der Waals surface area contributed by atoms with Gasteiger partial charge in [-0.05, 0) is 55.2 Å². The maximum absolute atomic E-state index is 14.9. The number of ether oxygens (including phenoxy) is 3. The average Bonchev–Trinajstić information content (AvgIpc) is 3.67. The SMILES string of the molecule is COc1ccc(N2C/C=C\CCC(=O)NC[C@H](c3ccccc3)OC(=O)[C@H]3[C@@H]4O[C@@]5(C=C4Br)[C@@H]3C(=O)N(CCCCO)[C@@H]5C2=O)cc1. The highest BCUT2D eigenvalue weighted by Gasteiger charge is 2.75. The number of unbranched alkanes of at least 4 members (excludes halogenated alkanes) is 1. The standard InChI is InChI=1S/C35H38BrN3O8/c1-45-24-15-13-23(14-16-24)38-17-7-3-6-12-27(41)37-21-26(22-10-4-2-5-11-22)46-34(44)28-29-32(42)39(18-8-9-19-40)31(33(38)43)35(29)20-25(36)30(28)47-35/h2-5,7,10-11,13-16,20,26,28-31,40H,6,8-9,12,17-19,21H2,1H3,(H,37,41)/b7-3-/t26-,28-,29+,30-,31-,35+/m1/s1. The quantitative estimate of drug-likeness (QED) is 0.254. The van der Waals surface area contributed by atoms with Gasteiger partial charge in [-0.2, -0.15) is 0 Å². The minimum atomic E-state index is -1.43. The molecule has 12 heteroatoms. The highest BCUT2D eigenvalue weighted by atomic mass is 79.9. The molecule has 2 N–H and O–H groups in total. The van der Waals surface area contributed by atoms with Crippen molar-refractivity contribution in [1.82, 2.24) is 10.2 Å². The van der Waals surface area contributed by atoms with E-state index in [0.717, 1.165) is 0 Å². The van der Waals surface area contributed by atoms with Crippen LogP contribution < -0.4 is 15.0 Å². The molecule has 0 radical (unpaired) electrons. The summed E-state index contributed by atoms with van der Waals surface area (Å²) in [5.41, 5.74) is -0.158. The van der Waals surface area contributed by atoms with Crippen LogP contribution >= 0.6 is 15.9 Å². The first-order valence-corrected chi connectivity index (χ1v) is 16.7. The number of carbonyl (C=O) groups excluding carboxylic acids is 4. The number of nitrogens with zero attached hydrogens (tertiary/aromatic N) is 2. The van der Waals surface area contributed by atoms with Crippen LogP contribution in [0.5, 0.6) is 5.75 Å². The predicted octanol–water partition coefficient (Wildman–Crippen LogP) is 3.42. The number of hydrogen-bond acceptors (Lipinski definition) is 8. The predicted molar refractivity (Wildman–Crippen MR) is 175 cm³/mol. The molecule has 0 saturated carbocycles. The molecule has 2 aromatic carbocycles. The number of anilines is 1. The summed E-state index contributed by atoms with van der Waals surface area (Å²) in [5, 5.41) is 12.4. The Hall–Kier alpha value is -4.00. The van der Waals surface area contributed by atoms with Gasteiger partial charge in [-0.1, -0.05) is 58.4 Å². The lowest BCUT2D eigenvalue weighted by Gasteiger charge is -2.36. The number of esters is 1. The number of allylic oxidation sites excluding steroid dienone is 1. The Labute approximate surface area is 281 Å². The third-order valence-corrected chi connectivity index (χ3v) is 9.98. The molecular weight excluding hydrogens is 670 g/mol. The molecule has 3 amide bonds. The molecule has 2 saturated heterocycles.